The van der Waals surface area contributed by atoms with E-state index >= 15 is 0 Å². The van der Waals surface area contributed by atoms with Crippen LogP contribution < -0.4 is 10.1 Å². The van der Waals surface area contributed by atoms with Gasteiger partial charge in [-0.2, -0.15) is 0 Å². The maximum Gasteiger partial charge on any atom is 0.261 e. The van der Waals surface area contributed by atoms with Gasteiger partial charge >= 0.3 is 0 Å². The van der Waals surface area contributed by atoms with Crippen LogP contribution in [-0.4, -0.2) is 35.4 Å². The number of carbonyl (C=O) groups excluding carboxylic acids is 2. The molecule has 0 saturated carbocycles. The minimum absolute atomic E-state index is 0.0271. The van der Waals surface area contributed by atoms with E-state index in [4.69, 9.17) is 16.3 Å². The highest BCUT2D eigenvalue weighted by Gasteiger charge is 2.29. The average Bonchev–Trinajstić information content (AvgIpc) is 2.78. The van der Waals surface area contributed by atoms with E-state index in [1.54, 1.807) is 11.0 Å². The smallest absolute Gasteiger partial charge is 0.261 e. The van der Waals surface area contributed by atoms with Crippen LogP contribution in [0.25, 0.3) is 10.8 Å². The molecule has 0 aromatic heterocycles. The van der Waals surface area contributed by atoms with Crippen molar-refractivity contribution in [1.82, 2.24) is 10.2 Å². The van der Waals surface area contributed by atoms with Crippen LogP contribution in [0.3, 0.4) is 0 Å². The Bertz CT molecular complexity index is 1080. The van der Waals surface area contributed by atoms with E-state index in [1.165, 1.54) is 0 Å². The molecule has 0 bridgehead atoms. The molecule has 0 saturated heterocycles. The number of benzene rings is 3. The van der Waals surface area contributed by atoms with Crippen molar-refractivity contribution in [3.8, 4) is 5.75 Å². The minimum atomic E-state index is -0.628. The lowest BCUT2D eigenvalue weighted by molar-refractivity contribution is -0.143. The van der Waals surface area contributed by atoms with Crippen LogP contribution in [0.4, 0.5) is 0 Å². The number of fused-ring (bicyclic) bond motifs is 1. The van der Waals surface area contributed by atoms with Crippen molar-refractivity contribution in [3.63, 3.8) is 0 Å². The number of ether oxygens (including phenoxy) is 1. The third-order valence-electron chi connectivity index (χ3n) is 5.22. The molecule has 3 aromatic carbocycles. The molecule has 0 heterocycles. The first-order valence-electron chi connectivity index (χ1n) is 10.8. The number of rotatable bonds is 9. The van der Waals surface area contributed by atoms with Gasteiger partial charge in [0.25, 0.3) is 5.91 Å². The predicted molar refractivity (Wildman–Crippen MR) is 129 cm³/mol. The molecule has 1 atom stereocenters. The molecule has 0 spiro atoms. The zero-order chi connectivity index (χ0) is 23.1. The molecule has 1 N–H and O–H groups in total. The van der Waals surface area contributed by atoms with Crippen LogP contribution in [0.2, 0.25) is 5.02 Å². The maximum absolute atomic E-state index is 13.3. The molecule has 32 heavy (non-hydrogen) atoms. The number of hydrogen-bond acceptors (Lipinski definition) is 3. The molecule has 3 aromatic rings. The lowest BCUT2D eigenvalue weighted by atomic mass is 10.1. The minimum Gasteiger partial charge on any atom is -0.483 e. The number of amides is 2. The zero-order valence-corrected chi connectivity index (χ0v) is 19.4. The van der Waals surface area contributed by atoms with Crippen molar-refractivity contribution in [2.45, 2.75) is 45.8 Å². The molecule has 168 valence electrons. The summed E-state index contributed by atoms with van der Waals surface area (Å²) in [7, 11) is 0. The molecule has 0 aliphatic rings. The number of nitrogens with zero attached hydrogens (tertiary/aromatic N) is 1. The van der Waals surface area contributed by atoms with Gasteiger partial charge in [-0.25, -0.2) is 0 Å². The van der Waals surface area contributed by atoms with Crippen LogP contribution >= 0.6 is 11.6 Å². The van der Waals surface area contributed by atoms with Crippen molar-refractivity contribution in [2.75, 3.05) is 6.61 Å². The van der Waals surface area contributed by atoms with Gasteiger partial charge < -0.3 is 15.0 Å². The van der Waals surface area contributed by atoms with E-state index in [2.05, 4.69) is 5.32 Å². The maximum atomic E-state index is 13.3. The average molecular weight is 453 g/mol. The molecule has 5 nitrogen and oxygen atoms in total. The van der Waals surface area contributed by atoms with E-state index in [-0.39, 0.29) is 31.0 Å². The van der Waals surface area contributed by atoms with Gasteiger partial charge in [0.05, 0.1) is 0 Å². The Morgan fingerprint density at radius 1 is 1.00 bits per heavy atom. The second-order valence-corrected chi connectivity index (χ2v) is 8.37. The largest absolute Gasteiger partial charge is 0.483 e. The molecule has 3 rings (SSSR count). The Hall–Kier alpha value is -3.05. The number of halogens is 1. The highest BCUT2D eigenvalue weighted by Crippen LogP contribution is 2.26. The molecular weight excluding hydrogens is 424 g/mol. The SMILES string of the molecule is CC[C@@H](C(=O)NC(C)C)N(Cc1ccccc1Cl)C(=O)COc1cccc2ccccc12. The normalized spacial score (nSPS) is 11.9. The quantitative estimate of drug-likeness (QED) is 0.485. The van der Waals surface area contributed by atoms with Crippen molar-refractivity contribution >= 4 is 34.2 Å². The highest BCUT2D eigenvalue weighted by molar-refractivity contribution is 6.31. The summed E-state index contributed by atoms with van der Waals surface area (Å²) in [6.07, 6.45) is 0.475. The predicted octanol–water partition coefficient (Wildman–Crippen LogP) is 5.20. The number of carbonyl (C=O) groups is 2. The Labute approximate surface area is 194 Å². The second-order valence-electron chi connectivity index (χ2n) is 7.97. The van der Waals surface area contributed by atoms with E-state index in [9.17, 15) is 9.59 Å². The summed E-state index contributed by atoms with van der Waals surface area (Å²) in [6.45, 7) is 5.73. The van der Waals surface area contributed by atoms with Crippen molar-refractivity contribution in [3.05, 3.63) is 77.3 Å². The Balaban J connectivity index is 1.84. The molecule has 0 fully saturated rings. The van der Waals surface area contributed by atoms with E-state index in [0.29, 0.717) is 17.2 Å². The fraction of sp³-hybridized carbons (Fsp3) is 0.308. The van der Waals surface area contributed by atoms with Gasteiger partial charge in [0.1, 0.15) is 11.8 Å². The van der Waals surface area contributed by atoms with Gasteiger partial charge in [-0.15, -0.1) is 0 Å². The molecule has 0 aliphatic heterocycles. The van der Waals surface area contributed by atoms with Crippen molar-refractivity contribution < 1.29 is 14.3 Å². The molecule has 6 heteroatoms. The van der Waals surface area contributed by atoms with Crippen molar-refractivity contribution in [2.24, 2.45) is 0 Å². The number of hydrogen-bond donors (Lipinski definition) is 1. The van der Waals surface area contributed by atoms with E-state index < -0.39 is 6.04 Å². The lowest BCUT2D eigenvalue weighted by Crippen LogP contribution is -2.51. The first kappa shape index (κ1) is 23.6. The van der Waals surface area contributed by atoms with Crippen LogP contribution in [0.5, 0.6) is 5.75 Å². The highest BCUT2D eigenvalue weighted by atomic mass is 35.5. The Morgan fingerprint density at radius 2 is 1.69 bits per heavy atom. The van der Waals surface area contributed by atoms with Crippen LogP contribution in [-0.2, 0) is 16.1 Å². The first-order chi connectivity index (χ1) is 15.4. The third kappa shape index (κ3) is 5.80. The number of nitrogens with one attached hydrogen (secondary N) is 1. The Morgan fingerprint density at radius 3 is 2.41 bits per heavy atom. The lowest BCUT2D eigenvalue weighted by Gasteiger charge is -2.31. The third-order valence-corrected chi connectivity index (χ3v) is 5.58. The van der Waals surface area contributed by atoms with Gasteiger partial charge in [0.2, 0.25) is 5.91 Å². The first-order valence-corrected chi connectivity index (χ1v) is 11.2. The summed E-state index contributed by atoms with van der Waals surface area (Å²) in [5, 5.41) is 5.45. The van der Waals surface area contributed by atoms with Gasteiger partial charge in [-0.1, -0.05) is 73.1 Å². The van der Waals surface area contributed by atoms with Gasteiger partial charge in [0, 0.05) is 23.0 Å². The van der Waals surface area contributed by atoms with Gasteiger partial charge in [-0.3, -0.25) is 9.59 Å². The van der Waals surface area contributed by atoms with Crippen LogP contribution in [0.15, 0.2) is 66.7 Å². The molecular formula is C26H29ClN2O3. The summed E-state index contributed by atoms with van der Waals surface area (Å²) < 4.78 is 5.93. The van der Waals surface area contributed by atoms with Crippen LogP contribution in [0.1, 0.15) is 32.8 Å². The van der Waals surface area contributed by atoms with E-state index in [0.717, 1.165) is 16.3 Å². The Kier molecular flexibility index (Phi) is 8.12. The second kappa shape index (κ2) is 11.0. The summed E-state index contributed by atoms with van der Waals surface area (Å²) in [5.74, 6) is 0.172. The topological polar surface area (TPSA) is 58.6 Å². The van der Waals surface area contributed by atoms with Gasteiger partial charge in [-0.05, 0) is 43.4 Å². The molecule has 0 unspecified atom stereocenters. The zero-order valence-electron chi connectivity index (χ0n) is 18.7. The molecule has 0 aliphatic carbocycles. The summed E-state index contributed by atoms with van der Waals surface area (Å²) in [5.41, 5.74) is 0.781. The molecule has 0 radical (unpaired) electrons. The fourth-order valence-corrected chi connectivity index (χ4v) is 3.85. The summed E-state index contributed by atoms with van der Waals surface area (Å²) in [4.78, 5) is 27.8. The fourth-order valence-electron chi connectivity index (χ4n) is 3.65. The monoisotopic (exact) mass is 452 g/mol. The van der Waals surface area contributed by atoms with Crippen LogP contribution in [0, 0.1) is 0 Å². The van der Waals surface area contributed by atoms with Gasteiger partial charge in [0.15, 0.2) is 6.61 Å². The molecule has 2 amide bonds. The summed E-state index contributed by atoms with van der Waals surface area (Å²) in [6, 6.07) is 20.3. The summed E-state index contributed by atoms with van der Waals surface area (Å²) >= 11 is 6.35. The van der Waals surface area contributed by atoms with Crippen molar-refractivity contribution in [1.29, 1.82) is 0 Å². The standard InChI is InChI=1S/C26H29ClN2O3/c1-4-23(26(31)28-18(2)3)29(16-20-11-6-8-14-22(20)27)25(30)17-32-24-15-9-12-19-10-5-7-13-21(19)24/h5-15,18,23H,4,16-17H2,1-3H3,(H,28,31)/t23-/m0/s1. The van der Waals surface area contributed by atoms with E-state index in [1.807, 2.05) is 81.4 Å².